The number of aromatic hydroxyl groups is 2. The smallest absolute Gasteiger partial charge is 0.418 e. The third kappa shape index (κ3) is 27.1. The molecule has 626 valence electrons. The highest BCUT2D eigenvalue weighted by Crippen LogP contribution is 2.34. The monoisotopic (exact) mass is 1780 g/mol. The van der Waals surface area contributed by atoms with E-state index in [0.29, 0.717) is 58.4 Å². The SMILES string of the molecule is C[C@@H](NC(=O)[C@H](Cc1ccc(O)cc1)NC(=O)OCc1ccccc1Br)C(=O)NCC(=O)N[C@@H](Cc1ccccc1)C(=O)N(C(=O)OCc1ccccc1Cl)[C@@](CCCCN)(C(=O)NC(c1ccccc1)c1ccccc1)C(=O)[C@H](Cc1ccccc1)NC(=O)CNC(=O)[C@@H](C)NC(=O)[C@H](Cc1ccc(O)cc1)NC(=O)OCc1ccccc1Br. The van der Waals surface area contributed by atoms with Gasteiger partial charge in [0.2, 0.25) is 35.4 Å². The van der Waals surface area contributed by atoms with Crippen molar-refractivity contribution in [1.82, 2.24) is 52.8 Å². The van der Waals surface area contributed by atoms with Gasteiger partial charge in [-0.1, -0.05) is 244 Å². The topological polar surface area (TPSA) is 411 Å². The van der Waals surface area contributed by atoms with E-state index in [-0.39, 0.29) is 67.5 Å². The minimum Gasteiger partial charge on any atom is -0.508 e. The van der Waals surface area contributed by atoms with Crippen LogP contribution in [0.1, 0.15) is 89.2 Å². The zero-order valence-electron chi connectivity index (χ0n) is 65.5. The number of imide groups is 1. The number of amides is 11. The van der Waals surface area contributed by atoms with Crippen molar-refractivity contribution >= 4 is 115 Å². The van der Waals surface area contributed by atoms with E-state index in [2.05, 4.69) is 79.7 Å². The Balaban J connectivity index is 1.06. The molecule has 0 aromatic heterocycles. The van der Waals surface area contributed by atoms with Crippen molar-refractivity contribution in [1.29, 1.82) is 0 Å². The van der Waals surface area contributed by atoms with Crippen LogP contribution in [0.5, 0.6) is 11.5 Å². The van der Waals surface area contributed by atoms with Crippen LogP contribution in [0, 0.1) is 0 Å². The summed E-state index contributed by atoms with van der Waals surface area (Å²) >= 11 is 13.5. The zero-order chi connectivity index (χ0) is 86.1. The van der Waals surface area contributed by atoms with Crippen molar-refractivity contribution in [3.63, 3.8) is 0 Å². The Kier molecular flexibility index (Phi) is 34.8. The Morgan fingerprint density at radius 1 is 0.417 bits per heavy atom. The van der Waals surface area contributed by atoms with Crippen molar-refractivity contribution in [3.05, 3.63) is 307 Å². The maximum atomic E-state index is 17.3. The molecule has 0 heterocycles. The van der Waals surface area contributed by atoms with Crippen LogP contribution in [-0.2, 0) is 103 Å². The number of phenols is 2. The summed E-state index contributed by atoms with van der Waals surface area (Å²) in [6.45, 7) is -0.347. The molecule has 9 rings (SSSR count). The molecule has 0 bridgehead atoms. The lowest BCUT2D eigenvalue weighted by molar-refractivity contribution is -0.157. The Bertz CT molecular complexity index is 4970. The molecule has 0 spiro atoms. The van der Waals surface area contributed by atoms with E-state index >= 15 is 19.2 Å². The normalized spacial score (nSPS) is 12.9. The Labute approximate surface area is 715 Å². The van der Waals surface area contributed by atoms with Crippen LogP contribution in [0.4, 0.5) is 14.4 Å². The van der Waals surface area contributed by atoms with Crippen LogP contribution in [0.2, 0.25) is 5.02 Å². The predicted molar refractivity (Wildman–Crippen MR) is 454 cm³/mol. The second-order valence-corrected chi connectivity index (χ2v) is 30.1. The lowest BCUT2D eigenvalue weighted by Gasteiger charge is -2.43. The van der Waals surface area contributed by atoms with Gasteiger partial charge >= 0.3 is 18.3 Å². The standard InChI is InChI=1S/C89H92Br2ClN11O17/c1-56(96-82(111)73(48-60-37-41-67(104)42-38-60)100-86(115)118-53-64-31-15-18-34-69(64)90)80(109)94-51-76(106)98-72(47-58-23-7-3-8-24-58)79(108)89(45-21-22-46-93,85(114)102-78(62-27-11-5-12-28-62)63-29-13-6-14-30-63)103(88(117)120-55-66-33-17-20-36-71(66)92)84(113)75(50-59-25-9-4-10-26-59)99-77(107)52-95-81(110)57(2)97-83(112)74(49-61-39-43-68(105)44-40-61)101-87(116)119-54-65-32-16-19-35-70(65)91/h3-20,23-44,56-57,72-75,78,104-105H,21-22,45-55,93H2,1-2H3,(H,94,109)(H,95,110)(H,96,111)(H,97,112)(H,98,106)(H,99,107)(H,100,115)(H,101,116)(H,102,114)/t56-,57-,72+,73+,74+,75+,89-/m1/s1. The van der Waals surface area contributed by atoms with Gasteiger partial charge in [-0.3, -0.25) is 43.2 Å². The minimum atomic E-state index is -3.18. The number of ketones is 1. The number of Topliss-reactive ketones (excluding diaryl/α,β-unsaturated/α-hetero) is 1. The average molecular weight is 1780 g/mol. The maximum Gasteiger partial charge on any atom is 0.418 e. The van der Waals surface area contributed by atoms with Gasteiger partial charge in [0.1, 0.15) is 61.5 Å². The average Bonchev–Trinajstić information content (AvgIpc) is 0.740. The second kappa shape index (κ2) is 45.8. The van der Waals surface area contributed by atoms with Crippen LogP contribution in [-0.4, -0.2) is 148 Å². The maximum absolute atomic E-state index is 17.3. The predicted octanol–water partition coefficient (Wildman–Crippen LogP) is 9.86. The molecule has 0 aliphatic heterocycles. The minimum absolute atomic E-state index is 0.0400. The number of benzene rings is 9. The fourth-order valence-corrected chi connectivity index (χ4v) is 13.8. The van der Waals surface area contributed by atoms with Gasteiger partial charge < -0.3 is 78.0 Å². The molecule has 9 aromatic rings. The number of hydrogen-bond donors (Lipinski definition) is 12. The van der Waals surface area contributed by atoms with E-state index in [1.807, 2.05) is 0 Å². The summed E-state index contributed by atoms with van der Waals surface area (Å²) in [6.07, 6.45) is -5.75. The van der Waals surface area contributed by atoms with Gasteiger partial charge in [-0.25, -0.2) is 19.3 Å². The molecule has 11 amide bonds. The van der Waals surface area contributed by atoms with Crippen molar-refractivity contribution in [2.75, 3.05) is 19.6 Å². The molecule has 0 aliphatic carbocycles. The second-order valence-electron chi connectivity index (χ2n) is 28.0. The molecule has 0 saturated heterocycles. The first kappa shape index (κ1) is 91.1. The number of ether oxygens (including phenoxy) is 3. The number of carbonyl (C=O) groups excluding carboxylic acids is 12. The highest BCUT2D eigenvalue weighted by molar-refractivity contribution is 9.10. The van der Waals surface area contributed by atoms with Crippen molar-refractivity contribution < 1.29 is 82.0 Å². The number of rotatable bonds is 40. The largest absolute Gasteiger partial charge is 0.508 e. The van der Waals surface area contributed by atoms with Crippen LogP contribution in [0.25, 0.3) is 0 Å². The summed E-state index contributed by atoms with van der Waals surface area (Å²) in [5.41, 5.74) is 7.14. The molecule has 0 unspecified atom stereocenters. The Morgan fingerprint density at radius 2 is 0.792 bits per heavy atom. The number of phenolic OH excluding ortho intramolecular Hbond substituents is 2. The van der Waals surface area contributed by atoms with Crippen molar-refractivity contribution in [3.8, 4) is 11.5 Å². The van der Waals surface area contributed by atoms with Crippen LogP contribution >= 0.6 is 43.5 Å². The molecule has 0 aliphatic rings. The first-order valence-corrected chi connectivity index (χ1v) is 40.4. The number of unbranched alkanes of at least 4 members (excludes halogenated alkanes) is 1. The molecule has 7 atom stereocenters. The lowest BCUT2D eigenvalue weighted by Crippen LogP contribution is -2.72. The van der Waals surface area contributed by atoms with E-state index in [1.165, 1.54) is 74.5 Å². The molecule has 0 saturated carbocycles. The number of nitrogens with two attached hydrogens (primary N) is 1. The van der Waals surface area contributed by atoms with E-state index < -0.39 is 158 Å². The van der Waals surface area contributed by atoms with E-state index in [1.54, 1.807) is 182 Å². The molecule has 120 heavy (non-hydrogen) atoms. The van der Waals surface area contributed by atoms with Gasteiger partial charge in [0.05, 0.1) is 25.2 Å². The highest BCUT2D eigenvalue weighted by Gasteiger charge is 2.59. The van der Waals surface area contributed by atoms with Crippen LogP contribution in [0.15, 0.2) is 252 Å². The van der Waals surface area contributed by atoms with E-state index in [9.17, 15) is 48.6 Å². The lowest BCUT2D eigenvalue weighted by atomic mass is 9.79. The molecule has 0 fully saturated rings. The summed E-state index contributed by atoms with van der Waals surface area (Å²) in [6, 6.07) is 54.6. The summed E-state index contributed by atoms with van der Waals surface area (Å²) in [5, 5.41) is 43.7. The molecule has 31 heteroatoms. The Hall–Kier alpha value is -12.8. The number of alkyl carbamates (subject to hydrolysis) is 2. The fraction of sp³-hybridized carbons (Fsp3) is 0.258. The number of hydrogen-bond acceptors (Lipinski definition) is 18. The summed E-state index contributed by atoms with van der Waals surface area (Å²) < 4.78 is 18.4. The first-order chi connectivity index (χ1) is 57.8. The molecule has 0 radical (unpaired) electrons. The van der Waals surface area contributed by atoms with Gasteiger partial charge in [-0.15, -0.1) is 0 Å². The van der Waals surface area contributed by atoms with Gasteiger partial charge in [-0.2, -0.15) is 0 Å². The zero-order valence-corrected chi connectivity index (χ0v) is 69.4. The number of nitrogens with one attached hydrogen (secondary N) is 9. The van der Waals surface area contributed by atoms with Gasteiger partial charge in [0.15, 0.2) is 11.3 Å². The van der Waals surface area contributed by atoms with E-state index in [4.69, 9.17) is 31.5 Å². The Morgan fingerprint density at radius 3 is 1.23 bits per heavy atom. The molecule has 28 nitrogen and oxygen atoms in total. The number of nitrogens with zero attached hydrogens (tertiary/aromatic N) is 1. The fourth-order valence-electron chi connectivity index (χ4n) is 12.8. The molecular formula is C89H92Br2ClN11O17. The van der Waals surface area contributed by atoms with Crippen LogP contribution in [0.3, 0.4) is 0 Å². The summed E-state index contributed by atoms with van der Waals surface area (Å²) in [7, 11) is 0. The van der Waals surface area contributed by atoms with Crippen LogP contribution < -0.4 is 53.6 Å². The van der Waals surface area contributed by atoms with Crippen molar-refractivity contribution in [2.45, 2.75) is 126 Å². The molecule has 13 N–H and O–H groups in total. The third-order valence-electron chi connectivity index (χ3n) is 19.2. The van der Waals surface area contributed by atoms with Gasteiger partial charge in [0.25, 0.3) is 11.8 Å². The summed E-state index contributed by atoms with van der Waals surface area (Å²) in [4.78, 5) is 181. The molecule has 9 aromatic carbocycles. The van der Waals surface area contributed by atoms with E-state index in [0.717, 1.165) is 0 Å². The highest BCUT2D eigenvalue weighted by atomic mass is 79.9. The molecular weight excluding hydrogens is 1690 g/mol. The van der Waals surface area contributed by atoms with Gasteiger partial charge in [-0.05, 0) is 122 Å². The number of carbonyl (C=O) groups is 12. The van der Waals surface area contributed by atoms with Gasteiger partial charge in [0, 0.05) is 49.9 Å². The third-order valence-corrected chi connectivity index (χ3v) is 21.1. The first-order valence-electron chi connectivity index (χ1n) is 38.4. The van der Waals surface area contributed by atoms with Crippen molar-refractivity contribution in [2.24, 2.45) is 5.73 Å². The quantitative estimate of drug-likeness (QED) is 0.00965. The summed E-state index contributed by atoms with van der Waals surface area (Å²) in [5.74, 6) is -9.90. The number of halogens is 3.